The molecule has 1 saturated heterocycles. The second kappa shape index (κ2) is 9.25. The summed E-state index contributed by atoms with van der Waals surface area (Å²) in [6.07, 6.45) is 4.87. The Kier molecular flexibility index (Phi) is 6.44. The molecule has 162 valence electrons. The summed E-state index contributed by atoms with van der Waals surface area (Å²) in [6, 6.07) is 12.2. The number of fused-ring (bicyclic) bond motifs is 1. The number of aryl methyl sites for hydroxylation is 2. The van der Waals surface area contributed by atoms with Crippen LogP contribution in [-0.4, -0.2) is 42.0 Å². The van der Waals surface area contributed by atoms with Gasteiger partial charge in [-0.15, -0.1) is 0 Å². The first-order valence-corrected chi connectivity index (χ1v) is 11.0. The third-order valence-corrected chi connectivity index (χ3v) is 6.35. The van der Waals surface area contributed by atoms with Crippen LogP contribution in [0.4, 0.5) is 0 Å². The Balaban J connectivity index is 1.79. The molecule has 1 heterocycles. The van der Waals surface area contributed by atoms with Gasteiger partial charge in [-0.25, -0.2) is 0 Å². The summed E-state index contributed by atoms with van der Waals surface area (Å²) in [4.78, 5) is 27.5. The standard InChI is InChI=1S/C25H26ClNO4/c1-31-14-4-13-27-22(17-9-11-20(26)12-10-17)21(24(29)25(27)30)23(28)19-8-7-16-5-2-3-6-18(16)15-19/h7-12,15,22,28H,2-6,13-14H2,1H3/b23-21-. The second-order valence-electron chi connectivity index (χ2n) is 8.08. The predicted molar refractivity (Wildman–Crippen MR) is 120 cm³/mol. The number of hydrogen-bond donors (Lipinski definition) is 1. The molecule has 1 unspecified atom stereocenters. The highest BCUT2D eigenvalue weighted by molar-refractivity contribution is 6.46. The van der Waals surface area contributed by atoms with Gasteiger partial charge in [-0.2, -0.15) is 0 Å². The maximum absolute atomic E-state index is 13.0. The SMILES string of the molecule is COCCCN1C(=O)C(=O)/C(=C(\O)c2ccc3c(c2)CCCC3)C1c1ccc(Cl)cc1. The number of ether oxygens (including phenoxy) is 1. The van der Waals surface area contributed by atoms with Gasteiger partial charge in [0.1, 0.15) is 5.76 Å². The van der Waals surface area contributed by atoms with Gasteiger partial charge in [-0.05, 0) is 67.0 Å². The largest absolute Gasteiger partial charge is 0.507 e. The third-order valence-electron chi connectivity index (χ3n) is 6.10. The van der Waals surface area contributed by atoms with Gasteiger partial charge >= 0.3 is 0 Å². The van der Waals surface area contributed by atoms with E-state index in [1.807, 2.05) is 18.2 Å². The van der Waals surface area contributed by atoms with Crippen molar-refractivity contribution in [1.82, 2.24) is 4.90 Å². The van der Waals surface area contributed by atoms with Crippen LogP contribution in [0.5, 0.6) is 0 Å². The first-order valence-electron chi connectivity index (χ1n) is 10.7. The molecule has 0 aromatic heterocycles. The summed E-state index contributed by atoms with van der Waals surface area (Å²) < 4.78 is 5.12. The molecule has 1 aliphatic carbocycles. The van der Waals surface area contributed by atoms with Crippen LogP contribution >= 0.6 is 11.6 Å². The summed E-state index contributed by atoms with van der Waals surface area (Å²) in [6.45, 7) is 0.827. The van der Waals surface area contributed by atoms with Crippen LogP contribution in [0.15, 0.2) is 48.0 Å². The van der Waals surface area contributed by atoms with Crippen molar-refractivity contribution < 1.29 is 19.4 Å². The number of aliphatic hydroxyl groups is 1. The lowest BCUT2D eigenvalue weighted by Gasteiger charge is -2.25. The normalized spacial score (nSPS) is 20.2. The monoisotopic (exact) mass is 439 g/mol. The zero-order valence-electron chi connectivity index (χ0n) is 17.6. The average Bonchev–Trinajstić information content (AvgIpc) is 3.04. The highest BCUT2D eigenvalue weighted by Crippen LogP contribution is 2.40. The number of aliphatic hydroxyl groups excluding tert-OH is 1. The maximum atomic E-state index is 13.0. The van der Waals surface area contributed by atoms with E-state index in [0.29, 0.717) is 30.2 Å². The number of hydrogen-bond acceptors (Lipinski definition) is 4. The van der Waals surface area contributed by atoms with Gasteiger partial charge in [0.15, 0.2) is 0 Å². The van der Waals surface area contributed by atoms with Crippen LogP contribution in [0.1, 0.15) is 47.6 Å². The fourth-order valence-corrected chi connectivity index (χ4v) is 4.64. The highest BCUT2D eigenvalue weighted by atomic mass is 35.5. The van der Waals surface area contributed by atoms with E-state index >= 15 is 0 Å². The Morgan fingerprint density at radius 2 is 1.81 bits per heavy atom. The summed E-state index contributed by atoms with van der Waals surface area (Å²) in [5.74, 6) is -1.39. The quantitative estimate of drug-likeness (QED) is 0.307. The zero-order valence-corrected chi connectivity index (χ0v) is 18.3. The smallest absolute Gasteiger partial charge is 0.295 e. The zero-order chi connectivity index (χ0) is 22.0. The van der Waals surface area contributed by atoms with Crippen LogP contribution in [0.3, 0.4) is 0 Å². The molecule has 4 rings (SSSR count). The molecule has 1 fully saturated rings. The molecule has 0 bridgehead atoms. The fraction of sp³-hybridized carbons (Fsp3) is 0.360. The number of likely N-dealkylation sites (tertiary alicyclic amines) is 1. The summed E-state index contributed by atoms with van der Waals surface area (Å²) in [7, 11) is 1.60. The van der Waals surface area contributed by atoms with Gasteiger partial charge in [0, 0.05) is 30.8 Å². The lowest BCUT2D eigenvalue weighted by Crippen LogP contribution is -2.31. The van der Waals surface area contributed by atoms with E-state index in [4.69, 9.17) is 16.3 Å². The first-order chi connectivity index (χ1) is 15.0. The summed E-state index contributed by atoms with van der Waals surface area (Å²) >= 11 is 6.05. The third kappa shape index (κ3) is 4.25. The number of carbonyl (C=O) groups is 2. The number of nitrogens with zero attached hydrogens (tertiary/aromatic N) is 1. The van der Waals surface area contributed by atoms with Crippen LogP contribution in [0.2, 0.25) is 5.02 Å². The van der Waals surface area contributed by atoms with Crippen molar-refractivity contribution in [2.45, 2.75) is 38.1 Å². The van der Waals surface area contributed by atoms with Gasteiger partial charge in [0.05, 0.1) is 11.6 Å². The van der Waals surface area contributed by atoms with Crippen LogP contribution in [0.25, 0.3) is 5.76 Å². The highest BCUT2D eigenvalue weighted by Gasteiger charge is 2.45. The Labute approximate surface area is 187 Å². The molecule has 1 aliphatic heterocycles. The van der Waals surface area contributed by atoms with Crippen molar-refractivity contribution in [2.75, 3.05) is 20.3 Å². The summed E-state index contributed by atoms with van der Waals surface area (Å²) in [5, 5.41) is 11.8. The minimum Gasteiger partial charge on any atom is -0.507 e. The minimum absolute atomic E-state index is 0.124. The molecule has 2 aromatic rings. The molecule has 0 radical (unpaired) electrons. The minimum atomic E-state index is -0.662. The van der Waals surface area contributed by atoms with E-state index in [1.54, 1.807) is 31.4 Å². The Morgan fingerprint density at radius 3 is 2.52 bits per heavy atom. The number of Topliss-reactive ketones (excluding diaryl/α,β-unsaturated/α-hetero) is 1. The molecule has 2 aliphatic rings. The molecule has 2 aromatic carbocycles. The average molecular weight is 440 g/mol. The van der Waals surface area contributed by atoms with Gasteiger partial charge in [-0.3, -0.25) is 9.59 Å². The molecule has 5 nitrogen and oxygen atoms in total. The van der Waals surface area contributed by atoms with Crippen molar-refractivity contribution in [3.63, 3.8) is 0 Å². The van der Waals surface area contributed by atoms with Gasteiger partial charge in [-0.1, -0.05) is 35.9 Å². The van der Waals surface area contributed by atoms with Crippen LogP contribution in [-0.2, 0) is 27.2 Å². The lowest BCUT2D eigenvalue weighted by atomic mass is 9.88. The van der Waals surface area contributed by atoms with E-state index in [1.165, 1.54) is 22.4 Å². The molecule has 1 atom stereocenters. The van der Waals surface area contributed by atoms with Gasteiger partial charge in [0.25, 0.3) is 11.7 Å². The second-order valence-corrected chi connectivity index (χ2v) is 8.52. The number of carbonyl (C=O) groups excluding carboxylic acids is 2. The van der Waals surface area contributed by atoms with Crippen molar-refractivity contribution in [1.29, 1.82) is 0 Å². The maximum Gasteiger partial charge on any atom is 0.295 e. The molecule has 6 heteroatoms. The van der Waals surface area contributed by atoms with Crippen LogP contribution in [0, 0.1) is 0 Å². The first kappa shape index (κ1) is 21.6. The van der Waals surface area contributed by atoms with Gasteiger partial charge in [0.2, 0.25) is 0 Å². The molecular weight excluding hydrogens is 414 g/mol. The number of benzene rings is 2. The van der Waals surface area contributed by atoms with Crippen LogP contribution < -0.4 is 0 Å². The van der Waals surface area contributed by atoms with E-state index in [2.05, 4.69) is 0 Å². The Morgan fingerprint density at radius 1 is 1.10 bits per heavy atom. The van der Waals surface area contributed by atoms with Crippen molar-refractivity contribution in [3.8, 4) is 0 Å². The van der Waals surface area contributed by atoms with E-state index in [-0.39, 0.29) is 11.3 Å². The van der Waals surface area contributed by atoms with Crippen molar-refractivity contribution >= 4 is 29.1 Å². The number of halogens is 1. The van der Waals surface area contributed by atoms with E-state index in [0.717, 1.165) is 24.8 Å². The number of rotatable bonds is 6. The fourth-order valence-electron chi connectivity index (χ4n) is 4.52. The van der Waals surface area contributed by atoms with Crippen molar-refractivity contribution in [2.24, 2.45) is 0 Å². The summed E-state index contributed by atoms with van der Waals surface area (Å²) in [5.41, 5.74) is 3.93. The van der Waals surface area contributed by atoms with E-state index in [9.17, 15) is 14.7 Å². The molecule has 0 saturated carbocycles. The Bertz CT molecular complexity index is 1030. The topological polar surface area (TPSA) is 66.8 Å². The van der Waals surface area contributed by atoms with Gasteiger partial charge < -0.3 is 14.7 Å². The molecule has 0 spiro atoms. The number of amides is 1. The molecule has 1 N–H and O–H groups in total. The molecule has 1 amide bonds. The number of ketones is 1. The number of methoxy groups -OCH3 is 1. The van der Waals surface area contributed by atoms with Crippen molar-refractivity contribution in [3.05, 3.63) is 75.3 Å². The Hall–Kier alpha value is -2.63. The lowest BCUT2D eigenvalue weighted by molar-refractivity contribution is -0.140. The predicted octanol–water partition coefficient (Wildman–Crippen LogP) is 4.68. The molecule has 31 heavy (non-hydrogen) atoms. The van der Waals surface area contributed by atoms with E-state index < -0.39 is 17.7 Å². The molecular formula is C25H26ClNO4.